The van der Waals surface area contributed by atoms with Gasteiger partial charge in [-0.2, -0.15) is 0 Å². The molecule has 0 aromatic heterocycles. The van der Waals surface area contributed by atoms with E-state index < -0.39 is 0 Å². The van der Waals surface area contributed by atoms with Gasteiger partial charge in [0.1, 0.15) is 0 Å². The Kier molecular flexibility index (Phi) is 4.57. The Morgan fingerprint density at radius 3 is 2.33 bits per heavy atom. The second-order valence-electron chi connectivity index (χ2n) is 7.73. The number of benzene rings is 1. The summed E-state index contributed by atoms with van der Waals surface area (Å²) in [6.07, 6.45) is 8.15. The van der Waals surface area contributed by atoms with E-state index in [0.29, 0.717) is 11.9 Å². The fraction of sp³-hybridized carbons (Fsp3) is 0.650. The Bertz CT molecular complexity index is 590. The van der Waals surface area contributed by atoms with Crippen molar-refractivity contribution in [3.63, 3.8) is 0 Å². The molecular weight excluding hydrogens is 320 g/mol. The minimum atomic E-state index is -0.280. The lowest BCUT2D eigenvalue weighted by atomic mass is 9.63. The molecule has 1 aromatic rings. The Balaban J connectivity index is 1.51. The number of carbonyl (C=O) groups is 1. The van der Waals surface area contributed by atoms with E-state index in [1.807, 2.05) is 12.1 Å². The van der Waals surface area contributed by atoms with Crippen LogP contribution in [0, 0.1) is 0 Å². The number of amides is 1. The van der Waals surface area contributed by atoms with Crippen LogP contribution < -0.4 is 0 Å². The number of piperidine rings is 1. The van der Waals surface area contributed by atoms with Crippen LogP contribution in [-0.2, 0) is 10.2 Å². The van der Waals surface area contributed by atoms with E-state index in [2.05, 4.69) is 21.9 Å². The van der Waals surface area contributed by atoms with E-state index in [9.17, 15) is 4.79 Å². The van der Waals surface area contributed by atoms with Gasteiger partial charge >= 0.3 is 0 Å². The summed E-state index contributed by atoms with van der Waals surface area (Å²) >= 11 is 6.04. The van der Waals surface area contributed by atoms with Crippen molar-refractivity contribution in [1.29, 1.82) is 0 Å². The average molecular weight is 347 g/mol. The van der Waals surface area contributed by atoms with Gasteiger partial charge in [0.05, 0.1) is 5.41 Å². The molecule has 3 nitrogen and oxygen atoms in total. The summed E-state index contributed by atoms with van der Waals surface area (Å²) in [7, 11) is 0. The minimum absolute atomic E-state index is 0.280. The number of hydrogen-bond donors (Lipinski definition) is 0. The Labute approximate surface area is 150 Å². The molecule has 1 aliphatic carbocycles. The van der Waals surface area contributed by atoms with E-state index in [4.69, 9.17) is 11.6 Å². The minimum Gasteiger partial charge on any atom is -0.340 e. The molecule has 0 spiro atoms. The molecule has 3 aliphatic rings. The molecule has 4 heteroatoms. The molecule has 24 heavy (non-hydrogen) atoms. The maximum atomic E-state index is 13.4. The lowest BCUT2D eigenvalue weighted by molar-refractivity contribution is -0.143. The third-order valence-electron chi connectivity index (χ3n) is 6.35. The highest BCUT2D eigenvalue weighted by molar-refractivity contribution is 6.30. The van der Waals surface area contributed by atoms with Crippen LogP contribution in [0.1, 0.15) is 50.5 Å². The monoisotopic (exact) mass is 346 g/mol. The Hall–Kier alpha value is -1.06. The van der Waals surface area contributed by atoms with Crippen molar-refractivity contribution in [1.82, 2.24) is 9.80 Å². The van der Waals surface area contributed by atoms with Crippen LogP contribution in [0.5, 0.6) is 0 Å². The molecule has 1 aromatic carbocycles. The normalized spacial score (nSPS) is 27.0. The number of hydrogen-bond acceptors (Lipinski definition) is 2. The fourth-order valence-corrected chi connectivity index (χ4v) is 4.90. The maximum Gasteiger partial charge on any atom is 0.233 e. The highest BCUT2D eigenvalue weighted by Crippen LogP contribution is 2.46. The van der Waals surface area contributed by atoms with Crippen LogP contribution in [0.4, 0.5) is 0 Å². The molecule has 2 heterocycles. The van der Waals surface area contributed by atoms with Crippen LogP contribution in [0.25, 0.3) is 0 Å². The van der Waals surface area contributed by atoms with Crippen molar-refractivity contribution in [2.45, 2.75) is 56.4 Å². The summed E-state index contributed by atoms with van der Waals surface area (Å²) < 4.78 is 0. The van der Waals surface area contributed by atoms with Crippen molar-refractivity contribution in [3.05, 3.63) is 34.9 Å². The summed E-state index contributed by atoms with van der Waals surface area (Å²) in [4.78, 5) is 18.2. The number of likely N-dealkylation sites (tertiary alicyclic amines) is 2. The van der Waals surface area contributed by atoms with E-state index in [1.165, 1.54) is 32.4 Å². The quantitative estimate of drug-likeness (QED) is 0.830. The lowest BCUT2D eigenvalue weighted by Crippen LogP contribution is -2.56. The summed E-state index contributed by atoms with van der Waals surface area (Å²) in [6.45, 7) is 4.29. The van der Waals surface area contributed by atoms with Gasteiger partial charge in [-0.25, -0.2) is 0 Å². The highest BCUT2D eigenvalue weighted by atomic mass is 35.5. The molecule has 130 valence electrons. The lowest BCUT2D eigenvalue weighted by Gasteiger charge is -2.47. The molecule has 0 N–H and O–H groups in total. The predicted octanol–water partition coefficient (Wildman–Crippen LogP) is 3.85. The van der Waals surface area contributed by atoms with E-state index in [-0.39, 0.29) is 5.41 Å². The molecule has 2 aliphatic heterocycles. The first-order chi connectivity index (χ1) is 11.7. The number of rotatable bonds is 3. The molecular formula is C20H27ClN2O. The predicted molar refractivity (Wildman–Crippen MR) is 97.4 cm³/mol. The van der Waals surface area contributed by atoms with Gasteiger partial charge in [-0.3, -0.25) is 9.69 Å². The standard InChI is InChI=1S/C20H27ClN2O/c21-17-8-6-16(7-9-17)20(10-4-11-20)19(24)23-14-3-5-18(15-23)22-12-1-2-13-22/h6-9,18H,1-5,10-15H2. The van der Waals surface area contributed by atoms with E-state index in [1.54, 1.807) is 0 Å². The van der Waals surface area contributed by atoms with Crippen LogP contribution in [0.3, 0.4) is 0 Å². The zero-order valence-corrected chi connectivity index (χ0v) is 15.1. The van der Waals surface area contributed by atoms with Gasteiger partial charge in [0.2, 0.25) is 5.91 Å². The van der Waals surface area contributed by atoms with Crippen molar-refractivity contribution in [2.24, 2.45) is 0 Å². The summed E-state index contributed by atoms with van der Waals surface area (Å²) in [5.74, 6) is 0.361. The zero-order valence-electron chi connectivity index (χ0n) is 14.3. The van der Waals surface area contributed by atoms with Gasteiger partial charge in [0.15, 0.2) is 0 Å². The second kappa shape index (κ2) is 6.68. The first-order valence-electron chi connectivity index (χ1n) is 9.48. The number of carbonyl (C=O) groups excluding carboxylic acids is 1. The first-order valence-corrected chi connectivity index (χ1v) is 9.86. The first kappa shape index (κ1) is 16.4. The molecule has 2 saturated heterocycles. The maximum absolute atomic E-state index is 13.4. The molecule has 0 bridgehead atoms. The van der Waals surface area contributed by atoms with Crippen molar-refractivity contribution in [2.75, 3.05) is 26.2 Å². The van der Waals surface area contributed by atoms with Gasteiger partial charge in [-0.15, -0.1) is 0 Å². The van der Waals surface area contributed by atoms with Crippen molar-refractivity contribution >= 4 is 17.5 Å². The average Bonchev–Trinajstić information content (AvgIpc) is 3.10. The third-order valence-corrected chi connectivity index (χ3v) is 6.61. The molecule has 1 unspecified atom stereocenters. The van der Waals surface area contributed by atoms with Gasteiger partial charge in [0.25, 0.3) is 0 Å². The molecule has 1 atom stereocenters. The van der Waals surface area contributed by atoms with Gasteiger partial charge in [0, 0.05) is 24.2 Å². The Morgan fingerprint density at radius 2 is 1.71 bits per heavy atom. The highest BCUT2D eigenvalue weighted by Gasteiger charge is 2.48. The van der Waals surface area contributed by atoms with Crippen LogP contribution in [0.2, 0.25) is 5.02 Å². The molecule has 0 radical (unpaired) electrons. The molecule has 1 amide bonds. The van der Waals surface area contributed by atoms with Gasteiger partial charge < -0.3 is 4.90 Å². The second-order valence-corrected chi connectivity index (χ2v) is 8.17. The summed E-state index contributed by atoms with van der Waals surface area (Å²) in [5, 5.41) is 0.743. The zero-order chi connectivity index (χ0) is 16.6. The van der Waals surface area contributed by atoms with Gasteiger partial charge in [-0.05, 0) is 69.3 Å². The van der Waals surface area contributed by atoms with Crippen LogP contribution in [0.15, 0.2) is 24.3 Å². The SMILES string of the molecule is O=C(N1CCCC(N2CCCC2)C1)C1(c2ccc(Cl)cc2)CCC1. The Morgan fingerprint density at radius 1 is 1.00 bits per heavy atom. The summed E-state index contributed by atoms with van der Waals surface area (Å²) in [5.41, 5.74) is 0.878. The summed E-state index contributed by atoms with van der Waals surface area (Å²) in [6, 6.07) is 8.54. The number of halogens is 1. The molecule has 3 fully saturated rings. The van der Waals surface area contributed by atoms with Crippen LogP contribution >= 0.6 is 11.6 Å². The van der Waals surface area contributed by atoms with E-state index >= 15 is 0 Å². The van der Waals surface area contributed by atoms with Crippen molar-refractivity contribution < 1.29 is 4.79 Å². The topological polar surface area (TPSA) is 23.6 Å². The van der Waals surface area contributed by atoms with Gasteiger partial charge in [-0.1, -0.05) is 30.2 Å². The smallest absolute Gasteiger partial charge is 0.233 e. The molecule has 4 rings (SSSR count). The van der Waals surface area contributed by atoms with Crippen molar-refractivity contribution in [3.8, 4) is 0 Å². The molecule has 1 saturated carbocycles. The largest absolute Gasteiger partial charge is 0.340 e. The van der Waals surface area contributed by atoms with E-state index in [0.717, 1.165) is 49.4 Å². The van der Waals surface area contributed by atoms with Crippen LogP contribution in [-0.4, -0.2) is 47.9 Å². The third kappa shape index (κ3) is 2.86. The fourth-order valence-electron chi connectivity index (χ4n) is 4.77. The number of nitrogens with zero attached hydrogens (tertiary/aromatic N) is 2.